The molecule has 3 N–H and O–H groups in total. The van der Waals surface area contributed by atoms with E-state index >= 15 is 0 Å². The molecule has 41 heavy (non-hydrogen) atoms. The molecule has 3 amide bonds. The maximum absolute atomic E-state index is 13.7. The predicted molar refractivity (Wildman–Crippen MR) is 151 cm³/mol. The van der Waals surface area contributed by atoms with Gasteiger partial charge in [0, 0.05) is 22.7 Å². The molecule has 0 aliphatic heterocycles. The average Bonchev–Trinajstić information content (AvgIpc) is 2.86. The topological polar surface area (TPSA) is 109 Å². The number of alkyl halides is 2. The van der Waals surface area contributed by atoms with E-state index in [0.717, 1.165) is 24.4 Å². The van der Waals surface area contributed by atoms with Gasteiger partial charge in [-0.1, -0.05) is 61.6 Å². The molecule has 3 rings (SSSR count). The lowest BCUT2D eigenvalue weighted by Gasteiger charge is -2.19. The standard InChI is InChI=1S/C27H24Cl3F3N4O4/c1-27(2,3)26(40)35-10-13-4-5-19(29)21(22(13)30)24(39)37-17-9-18(25(34-11-17)41-12-20(32)33)23(38)36-16-7-14(28)6-15(31)8-16/h4-9,11,20H,10,12H2,1-3H3,(H,35,40)(H,36,38)(H,37,39). The molecule has 0 unspecified atom stereocenters. The third-order valence-electron chi connectivity index (χ3n) is 5.34. The summed E-state index contributed by atoms with van der Waals surface area (Å²) < 4.78 is 44.2. The highest BCUT2D eigenvalue weighted by Crippen LogP contribution is 2.30. The molecular weight excluding hydrogens is 608 g/mol. The van der Waals surface area contributed by atoms with Crippen LogP contribution in [0.3, 0.4) is 0 Å². The molecule has 0 spiro atoms. The lowest BCUT2D eigenvalue weighted by atomic mass is 9.95. The van der Waals surface area contributed by atoms with E-state index in [4.69, 9.17) is 39.5 Å². The quantitative estimate of drug-likeness (QED) is 0.236. The fourth-order valence-corrected chi connectivity index (χ4v) is 4.17. The average molecular weight is 632 g/mol. The number of amides is 3. The first-order valence-corrected chi connectivity index (χ1v) is 13.0. The Morgan fingerprint density at radius 2 is 1.66 bits per heavy atom. The number of hydrogen-bond donors (Lipinski definition) is 3. The zero-order valence-corrected chi connectivity index (χ0v) is 24.1. The van der Waals surface area contributed by atoms with Crippen molar-refractivity contribution in [2.24, 2.45) is 5.41 Å². The monoisotopic (exact) mass is 630 g/mol. The van der Waals surface area contributed by atoms with E-state index in [-0.39, 0.29) is 50.0 Å². The summed E-state index contributed by atoms with van der Waals surface area (Å²) in [5.74, 6) is -3.12. The number of halogens is 6. The Morgan fingerprint density at radius 3 is 2.29 bits per heavy atom. The zero-order chi connectivity index (χ0) is 30.5. The van der Waals surface area contributed by atoms with Gasteiger partial charge in [-0.15, -0.1) is 0 Å². The zero-order valence-electron chi connectivity index (χ0n) is 21.9. The number of carbonyl (C=O) groups is 3. The number of nitrogens with one attached hydrogen (secondary N) is 3. The SMILES string of the molecule is CC(C)(C)C(=O)NCc1ccc(Cl)c(C(=O)Nc2cnc(OCC(F)F)c(C(=O)Nc3cc(F)cc(Cl)c3)c2)c1Cl. The second-order valence-corrected chi connectivity index (χ2v) is 10.9. The van der Waals surface area contributed by atoms with Crippen LogP contribution in [0.25, 0.3) is 0 Å². The number of anilines is 2. The van der Waals surface area contributed by atoms with Crippen molar-refractivity contribution in [2.75, 3.05) is 17.2 Å². The molecule has 0 bridgehead atoms. The summed E-state index contributed by atoms with van der Waals surface area (Å²) in [6.07, 6.45) is -1.79. The van der Waals surface area contributed by atoms with Gasteiger partial charge in [-0.25, -0.2) is 18.2 Å². The van der Waals surface area contributed by atoms with Crippen molar-refractivity contribution in [3.05, 3.63) is 80.2 Å². The molecule has 2 aromatic carbocycles. The summed E-state index contributed by atoms with van der Waals surface area (Å²) in [4.78, 5) is 42.3. The Kier molecular flexibility index (Phi) is 10.5. The lowest BCUT2D eigenvalue weighted by Crippen LogP contribution is -2.34. The minimum Gasteiger partial charge on any atom is -0.471 e. The van der Waals surface area contributed by atoms with Gasteiger partial charge in [0.15, 0.2) is 6.61 Å². The summed E-state index contributed by atoms with van der Waals surface area (Å²) in [6.45, 7) is 4.19. The highest BCUT2D eigenvalue weighted by molar-refractivity contribution is 6.41. The summed E-state index contributed by atoms with van der Waals surface area (Å²) in [7, 11) is 0. The normalized spacial score (nSPS) is 11.3. The van der Waals surface area contributed by atoms with E-state index in [1.54, 1.807) is 26.8 Å². The van der Waals surface area contributed by atoms with Crippen LogP contribution in [0.2, 0.25) is 15.1 Å². The van der Waals surface area contributed by atoms with Crippen LogP contribution >= 0.6 is 34.8 Å². The van der Waals surface area contributed by atoms with E-state index < -0.39 is 42.0 Å². The molecule has 14 heteroatoms. The van der Waals surface area contributed by atoms with Crippen LogP contribution in [0.4, 0.5) is 24.5 Å². The molecule has 218 valence electrons. The van der Waals surface area contributed by atoms with Crippen molar-refractivity contribution < 1.29 is 32.3 Å². The van der Waals surface area contributed by atoms with Gasteiger partial charge in [-0.05, 0) is 35.9 Å². The Bertz CT molecular complexity index is 1460. The maximum Gasteiger partial charge on any atom is 0.272 e. The highest BCUT2D eigenvalue weighted by Gasteiger charge is 2.24. The van der Waals surface area contributed by atoms with Gasteiger partial charge in [0.1, 0.15) is 11.4 Å². The van der Waals surface area contributed by atoms with Crippen LogP contribution in [0, 0.1) is 11.2 Å². The molecule has 1 aromatic heterocycles. The van der Waals surface area contributed by atoms with Crippen LogP contribution in [0.15, 0.2) is 42.6 Å². The molecule has 0 saturated carbocycles. The summed E-state index contributed by atoms with van der Waals surface area (Å²) >= 11 is 18.5. The molecule has 0 aliphatic carbocycles. The van der Waals surface area contributed by atoms with E-state index in [1.807, 2.05) is 0 Å². The fourth-order valence-electron chi connectivity index (χ4n) is 3.34. The summed E-state index contributed by atoms with van der Waals surface area (Å²) in [5.41, 5.74) is -0.763. The molecule has 0 fully saturated rings. The van der Waals surface area contributed by atoms with Gasteiger partial charge in [0.05, 0.1) is 27.5 Å². The number of aromatic nitrogens is 1. The van der Waals surface area contributed by atoms with Gasteiger partial charge < -0.3 is 20.7 Å². The van der Waals surface area contributed by atoms with Crippen LogP contribution in [0.5, 0.6) is 5.88 Å². The molecule has 0 radical (unpaired) electrons. The smallest absolute Gasteiger partial charge is 0.272 e. The minimum absolute atomic E-state index is 0.00238. The van der Waals surface area contributed by atoms with Gasteiger partial charge in [0.2, 0.25) is 11.8 Å². The molecule has 8 nitrogen and oxygen atoms in total. The summed E-state index contributed by atoms with van der Waals surface area (Å²) in [6, 6.07) is 7.39. The number of ether oxygens (including phenoxy) is 1. The van der Waals surface area contributed by atoms with E-state index in [0.29, 0.717) is 5.56 Å². The molecule has 0 aliphatic rings. The van der Waals surface area contributed by atoms with Gasteiger partial charge in [0.25, 0.3) is 18.2 Å². The first-order valence-electron chi connectivity index (χ1n) is 11.9. The molecule has 0 atom stereocenters. The van der Waals surface area contributed by atoms with E-state index in [2.05, 4.69) is 20.9 Å². The van der Waals surface area contributed by atoms with E-state index in [9.17, 15) is 27.6 Å². The largest absolute Gasteiger partial charge is 0.471 e. The number of rotatable bonds is 9. The van der Waals surface area contributed by atoms with Crippen LogP contribution in [-0.2, 0) is 11.3 Å². The third kappa shape index (κ3) is 8.72. The summed E-state index contributed by atoms with van der Waals surface area (Å²) in [5, 5.41) is 7.61. The van der Waals surface area contributed by atoms with Crippen molar-refractivity contribution in [1.82, 2.24) is 10.3 Å². The van der Waals surface area contributed by atoms with Crippen LogP contribution in [-0.4, -0.2) is 35.7 Å². The number of hydrogen-bond acceptors (Lipinski definition) is 5. The van der Waals surface area contributed by atoms with Gasteiger partial charge in [-0.3, -0.25) is 14.4 Å². The molecule has 3 aromatic rings. The number of benzene rings is 2. The number of carbonyl (C=O) groups excluding carboxylic acids is 3. The highest BCUT2D eigenvalue weighted by atomic mass is 35.5. The molecular formula is C27H24Cl3F3N4O4. The van der Waals surface area contributed by atoms with Crippen molar-refractivity contribution in [2.45, 2.75) is 33.7 Å². The predicted octanol–water partition coefficient (Wildman–Crippen LogP) is 6.99. The first-order chi connectivity index (χ1) is 19.1. The van der Waals surface area contributed by atoms with Gasteiger partial charge in [-0.2, -0.15) is 0 Å². The second kappa shape index (κ2) is 13.4. The number of nitrogens with zero attached hydrogens (tertiary/aromatic N) is 1. The first kappa shape index (κ1) is 32.0. The third-order valence-corrected chi connectivity index (χ3v) is 6.30. The Morgan fingerprint density at radius 1 is 0.976 bits per heavy atom. The Hall–Kier alpha value is -3.54. The van der Waals surface area contributed by atoms with Crippen molar-refractivity contribution in [3.8, 4) is 5.88 Å². The Labute approximate surface area is 248 Å². The Balaban J connectivity index is 1.89. The minimum atomic E-state index is -2.86. The van der Waals surface area contributed by atoms with Crippen molar-refractivity contribution in [3.63, 3.8) is 0 Å². The number of pyridine rings is 1. The van der Waals surface area contributed by atoms with Gasteiger partial charge >= 0.3 is 0 Å². The van der Waals surface area contributed by atoms with E-state index in [1.165, 1.54) is 12.1 Å². The van der Waals surface area contributed by atoms with Crippen LogP contribution in [0.1, 0.15) is 47.1 Å². The van der Waals surface area contributed by atoms with Crippen molar-refractivity contribution >= 4 is 63.9 Å². The van der Waals surface area contributed by atoms with Crippen molar-refractivity contribution in [1.29, 1.82) is 0 Å². The second-order valence-electron chi connectivity index (χ2n) is 9.67. The molecule has 0 saturated heterocycles. The van der Waals surface area contributed by atoms with Crippen LogP contribution < -0.4 is 20.7 Å². The lowest BCUT2D eigenvalue weighted by molar-refractivity contribution is -0.128. The molecule has 1 heterocycles. The maximum atomic E-state index is 13.7. The fraction of sp³-hybridized carbons (Fsp3) is 0.259.